The Labute approximate surface area is 105 Å². The minimum Gasteiger partial charge on any atom is -0.377 e. The zero-order chi connectivity index (χ0) is 11.4. The van der Waals surface area contributed by atoms with Gasteiger partial charge in [-0.1, -0.05) is 0 Å². The molecule has 0 saturated carbocycles. The summed E-state index contributed by atoms with van der Waals surface area (Å²) in [5, 5.41) is 0. The lowest BCUT2D eigenvalue weighted by molar-refractivity contribution is 0.0668. The minimum atomic E-state index is 0.336. The van der Waals surface area contributed by atoms with Gasteiger partial charge in [0.15, 0.2) is 0 Å². The molecule has 88 valence electrons. The van der Waals surface area contributed by atoms with Gasteiger partial charge in [-0.2, -0.15) is 0 Å². The Morgan fingerprint density at radius 2 is 2.44 bits per heavy atom. The quantitative estimate of drug-likeness (QED) is 0.834. The fraction of sp³-hybridized carbons (Fsp3) is 0.583. The summed E-state index contributed by atoms with van der Waals surface area (Å²) in [5.74, 6) is 0. The molecule has 16 heavy (non-hydrogen) atoms. The molecule has 3 nitrogen and oxygen atoms in total. The van der Waals surface area contributed by atoms with E-state index in [0.29, 0.717) is 6.10 Å². The second-order valence-electron chi connectivity index (χ2n) is 4.28. The molecular formula is C12H17BrN2O. The van der Waals surface area contributed by atoms with Crippen molar-refractivity contribution in [3.05, 3.63) is 28.5 Å². The Hall–Kier alpha value is -0.450. The van der Waals surface area contributed by atoms with Gasteiger partial charge in [0.2, 0.25) is 0 Å². The SMILES string of the molecule is CC1CN(Cc2cncc(Br)c2)CCCO1. The van der Waals surface area contributed by atoms with Crippen molar-refractivity contribution in [2.75, 3.05) is 19.7 Å². The Morgan fingerprint density at radius 1 is 1.56 bits per heavy atom. The zero-order valence-electron chi connectivity index (χ0n) is 9.53. The highest BCUT2D eigenvalue weighted by Gasteiger charge is 2.15. The molecule has 0 aromatic carbocycles. The van der Waals surface area contributed by atoms with E-state index in [0.717, 1.165) is 37.1 Å². The zero-order valence-corrected chi connectivity index (χ0v) is 11.1. The molecule has 1 fully saturated rings. The Bertz CT molecular complexity index is 346. The third kappa shape index (κ3) is 3.54. The Balaban J connectivity index is 1.97. The van der Waals surface area contributed by atoms with E-state index in [1.165, 1.54) is 5.56 Å². The van der Waals surface area contributed by atoms with Crippen LogP contribution in [0.25, 0.3) is 0 Å². The van der Waals surface area contributed by atoms with Gasteiger partial charge in [-0.15, -0.1) is 0 Å². The monoisotopic (exact) mass is 284 g/mol. The lowest BCUT2D eigenvalue weighted by atomic mass is 10.2. The standard InChI is InChI=1S/C12H17BrN2O/c1-10-8-15(3-2-4-16-10)9-11-5-12(13)7-14-6-11/h5-7,10H,2-4,8-9H2,1H3. The van der Waals surface area contributed by atoms with Crippen LogP contribution >= 0.6 is 15.9 Å². The van der Waals surface area contributed by atoms with E-state index in [1.54, 1.807) is 0 Å². The van der Waals surface area contributed by atoms with Crippen molar-refractivity contribution in [1.82, 2.24) is 9.88 Å². The van der Waals surface area contributed by atoms with Crippen LogP contribution in [0.4, 0.5) is 0 Å². The number of pyridine rings is 1. The minimum absolute atomic E-state index is 0.336. The third-order valence-corrected chi connectivity index (χ3v) is 3.14. The Morgan fingerprint density at radius 3 is 3.25 bits per heavy atom. The first-order chi connectivity index (χ1) is 7.74. The maximum absolute atomic E-state index is 5.63. The largest absolute Gasteiger partial charge is 0.377 e. The predicted octanol–water partition coefficient (Wildman–Crippen LogP) is 2.45. The van der Waals surface area contributed by atoms with Crippen molar-refractivity contribution in [3.8, 4) is 0 Å². The van der Waals surface area contributed by atoms with Crippen molar-refractivity contribution >= 4 is 15.9 Å². The van der Waals surface area contributed by atoms with E-state index in [4.69, 9.17) is 4.74 Å². The van der Waals surface area contributed by atoms with Gasteiger partial charge in [0.05, 0.1) is 6.10 Å². The van der Waals surface area contributed by atoms with Crippen LogP contribution in [-0.2, 0) is 11.3 Å². The molecule has 1 atom stereocenters. The fourth-order valence-corrected chi connectivity index (χ4v) is 2.44. The summed E-state index contributed by atoms with van der Waals surface area (Å²) in [6, 6.07) is 2.13. The van der Waals surface area contributed by atoms with Crippen LogP contribution in [0.15, 0.2) is 22.9 Å². The topological polar surface area (TPSA) is 25.4 Å². The molecule has 0 radical (unpaired) electrons. The van der Waals surface area contributed by atoms with Crippen molar-refractivity contribution in [2.24, 2.45) is 0 Å². The summed E-state index contributed by atoms with van der Waals surface area (Å²) in [5.41, 5.74) is 1.25. The van der Waals surface area contributed by atoms with Gasteiger partial charge in [0.1, 0.15) is 0 Å². The molecule has 1 aromatic heterocycles. The molecule has 2 heterocycles. The lowest BCUT2D eigenvalue weighted by Crippen LogP contribution is -2.29. The summed E-state index contributed by atoms with van der Waals surface area (Å²) in [7, 11) is 0. The molecule has 0 spiro atoms. The second-order valence-corrected chi connectivity index (χ2v) is 5.20. The predicted molar refractivity (Wildman–Crippen MR) is 67.2 cm³/mol. The normalized spacial score (nSPS) is 23.0. The molecule has 1 aromatic rings. The molecule has 0 bridgehead atoms. The number of rotatable bonds is 2. The van der Waals surface area contributed by atoms with Crippen molar-refractivity contribution in [1.29, 1.82) is 0 Å². The van der Waals surface area contributed by atoms with E-state index in [1.807, 2.05) is 12.4 Å². The number of aromatic nitrogens is 1. The average Bonchev–Trinajstić information content (AvgIpc) is 2.43. The number of ether oxygens (including phenoxy) is 1. The van der Waals surface area contributed by atoms with Crippen LogP contribution in [0, 0.1) is 0 Å². The number of halogens is 1. The fourth-order valence-electron chi connectivity index (χ4n) is 2.02. The molecular weight excluding hydrogens is 268 g/mol. The van der Waals surface area contributed by atoms with Gasteiger partial charge < -0.3 is 4.74 Å². The first kappa shape index (κ1) is 12.0. The molecule has 0 N–H and O–H groups in total. The maximum atomic E-state index is 5.63. The van der Waals surface area contributed by atoms with E-state index in [-0.39, 0.29) is 0 Å². The smallest absolute Gasteiger partial charge is 0.0674 e. The first-order valence-corrected chi connectivity index (χ1v) is 6.47. The van der Waals surface area contributed by atoms with Gasteiger partial charge in [-0.3, -0.25) is 9.88 Å². The average molecular weight is 285 g/mol. The molecule has 1 aliphatic heterocycles. The molecule has 2 rings (SSSR count). The maximum Gasteiger partial charge on any atom is 0.0674 e. The van der Waals surface area contributed by atoms with Gasteiger partial charge in [-0.25, -0.2) is 0 Å². The van der Waals surface area contributed by atoms with Gasteiger partial charge in [-0.05, 0) is 40.9 Å². The van der Waals surface area contributed by atoms with Crippen molar-refractivity contribution in [2.45, 2.75) is 26.0 Å². The number of nitrogens with zero attached hydrogens (tertiary/aromatic N) is 2. The second kappa shape index (κ2) is 5.75. The van der Waals surface area contributed by atoms with Crippen LogP contribution in [0.2, 0.25) is 0 Å². The van der Waals surface area contributed by atoms with E-state index in [9.17, 15) is 0 Å². The summed E-state index contributed by atoms with van der Waals surface area (Å²) in [6.45, 7) is 6.09. The molecule has 1 unspecified atom stereocenters. The third-order valence-electron chi connectivity index (χ3n) is 2.70. The van der Waals surface area contributed by atoms with E-state index < -0.39 is 0 Å². The van der Waals surface area contributed by atoms with Crippen LogP contribution in [0.1, 0.15) is 18.9 Å². The highest BCUT2D eigenvalue weighted by Crippen LogP contribution is 2.13. The summed E-state index contributed by atoms with van der Waals surface area (Å²) in [4.78, 5) is 6.62. The van der Waals surface area contributed by atoms with Gasteiger partial charge in [0, 0.05) is 43.1 Å². The van der Waals surface area contributed by atoms with Crippen molar-refractivity contribution < 1.29 is 4.74 Å². The van der Waals surface area contributed by atoms with Gasteiger partial charge >= 0.3 is 0 Å². The molecule has 0 aliphatic carbocycles. The van der Waals surface area contributed by atoms with E-state index in [2.05, 4.69) is 38.8 Å². The van der Waals surface area contributed by atoms with Crippen LogP contribution in [0.5, 0.6) is 0 Å². The van der Waals surface area contributed by atoms with Crippen LogP contribution in [-0.4, -0.2) is 35.7 Å². The number of hydrogen-bond donors (Lipinski definition) is 0. The summed E-state index contributed by atoms with van der Waals surface area (Å²) < 4.78 is 6.67. The molecule has 0 amide bonds. The molecule has 1 saturated heterocycles. The summed E-state index contributed by atoms with van der Waals surface area (Å²) >= 11 is 3.45. The van der Waals surface area contributed by atoms with Crippen molar-refractivity contribution in [3.63, 3.8) is 0 Å². The molecule has 1 aliphatic rings. The van der Waals surface area contributed by atoms with Crippen LogP contribution in [0.3, 0.4) is 0 Å². The lowest BCUT2D eigenvalue weighted by Gasteiger charge is -2.21. The van der Waals surface area contributed by atoms with E-state index >= 15 is 0 Å². The Kier molecular flexibility index (Phi) is 4.32. The highest BCUT2D eigenvalue weighted by atomic mass is 79.9. The molecule has 4 heteroatoms. The van der Waals surface area contributed by atoms with Gasteiger partial charge in [0.25, 0.3) is 0 Å². The first-order valence-electron chi connectivity index (χ1n) is 5.67. The number of hydrogen-bond acceptors (Lipinski definition) is 3. The highest BCUT2D eigenvalue weighted by molar-refractivity contribution is 9.10. The van der Waals surface area contributed by atoms with Crippen LogP contribution < -0.4 is 0 Å². The summed E-state index contributed by atoms with van der Waals surface area (Å²) in [6.07, 6.45) is 5.20.